The van der Waals surface area contributed by atoms with Gasteiger partial charge in [-0.05, 0) is 60.8 Å². The number of anilines is 1. The first-order valence-electron chi connectivity index (χ1n) is 10.7. The van der Waals surface area contributed by atoms with Crippen molar-refractivity contribution in [2.24, 2.45) is 0 Å². The quantitative estimate of drug-likeness (QED) is 0.339. The van der Waals surface area contributed by atoms with Crippen molar-refractivity contribution in [2.45, 2.75) is 0 Å². The lowest BCUT2D eigenvalue weighted by atomic mass is 10.2. The molecule has 0 atom stereocenters. The largest absolute Gasteiger partial charge is 0.497 e. The van der Waals surface area contributed by atoms with Crippen LogP contribution in [0, 0.1) is 0 Å². The molecule has 1 fully saturated rings. The summed E-state index contributed by atoms with van der Waals surface area (Å²) in [4.78, 5) is 38.1. The second-order valence-corrected chi connectivity index (χ2v) is 9.10. The first kappa shape index (κ1) is 25.0. The Labute approximate surface area is 217 Å². The summed E-state index contributed by atoms with van der Waals surface area (Å²) < 4.78 is 11.0. The molecule has 3 amide bonds. The number of hydrogen-bond donors (Lipinski definition) is 2. The van der Waals surface area contributed by atoms with Crippen LogP contribution >= 0.6 is 24.0 Å². The molecule has 3 aromatic carbocycles. The van der Waals surface area contributed by atoms with Gasteiger partial charge in [0.2, 0.25) is 0 Å². The van der Waals surface area contributed by atoms with Crippen molar-refractivity contribution >= 4 is 57.8 Å². The third-order valence-corrected chi connectivity index (χ3v) is 6.28. The predicted octanol–water partition coefficient (Wildman–Crippen LogP) is 4.26. The number of para-hydroxylation sites is 2. The average Bonchev–Trinajstić information content (AvgIpc) is 3.16. The van der Waals surface area contributed by atoms with Crippen LogP contribution in [0.3, 0.4) is 0 Å². The summed E-state index contributed by atoms with van der Waals surface area (Å²) in [5.74, 6) is -0.234. The minimum Gasteiger partial charge on any atom is -0.497 e. The smallest absolute Gasteiger partial charge is 0.285 e. The van der Waals surface area contributed by atoms with Crippen LogP contribution in [-0.2, 0) is 9.59 Å². The number of methoxy groups -OCH3 is 1. The summed E-state index contributed by atoms with van der Waals surface area (Å²) in [5, 5.41) is 3.79. The van der Waals surface area contributed by atoms with E-state index >= 15 is 0 Å². The topological polar surface area (TPSA) is 97.0 Å². The highest BCUT2D eigenvalue weighted by molar-refractivity contribution is 8.26. The van der Waals surface area contributed by atoms with Gasteiger partial charge in [-0.15, -0.1) is 0 Å². The van der Waals surface area contributed by atoms with E-state index in [0.29, 0.717) is 33.2 Å². The second kappa shape index (κ2) is 11.5. The fourth-order valence-corrected chi connectivity index (χ4v) is 4.38. The number of carbonyl (C=O) groups is 3. The molecule has 10 heteroatoms. The van der Waals surface area contributed by atoms with Gasteiger partial charge in [0.05, 0.1) is 12.0 Å². The molecule has 182 valence electrons. The van der Waals surface area contributed by atoms with Gasteiger partial charge in [0.15, 0.2) is 10.9 Å². The Morgan fingerprint density at radius 3 is 2.42 bits per heavy atom. The van der Waals surface area contributed by atoms with E-state index in [0.717, 1.165) is 16.8 Å². The second-order valence-electron chi connectivity index (χ2n) is 7.43. The average molecular weight is 520 g/mol. The molecule has 0 aliphatic carbocycles. The predicted molar refractivity (Wildman–Crippen MR) is 142 cm³/mol. The molecule has 1 saturated heterocycles. The molecule has 1 aliphatic heterocycles. The number of carbonyl (C=O) groups excluding carboxylic acids is 3. The monoisotopic (exact) mass is 519 g/mol. The van der Waals surface area contributed by atoms with E-state index < -0.39 is 11.8 Å². The highest BCUT2D eigenvalue weighted by atomic mass is 32.2. The third kappa shape index (κ3) is 6.09. The Morgan fingerprint density at radius 1 is 1.00 bits per heavy atom. The zero-order valence-corrected chi connectivity index (χ0v) is 20.7. The lowest BCUT2D eigenvalue weighted by Crippen LogP contribution is -2.44. The van der Waals surface area contributed by atoms with Gasteiger partial charge in [-0.3, -0.25) is 19.8 Å². The maximum absolute atomic E-state index is 13.0. The molecular weight excluding hydrogens is 498 g/mol. The molecule has 0 unspecified atom stereocenters. The number of hydrazine groups is 1. The number of amides is 3. The Balaban J connectivity index is 1.42. The van der Waals surface area contributed by atoms with Crippen molar-refractivity contribution in [3.05, 3.63) is 94.9 Å². The Hall–Kier alpha value is -4.15. The number of nitrogens with zero attached hydrogens (tertiary/aromatic N) is 1. The summed E-state index contributed by atoms with van der Waals surface area (Å²) >= 11 is 6.36. The van der Waals surface area contributed by atoms with Gasteiger partial charge < -0.3 is 14.8 Å². The molecule has 0 saturated carbocycles. The van der Waals surface area contributed by atoms with Gasteiger partial charge >= 0.3 is 0 Å². The first-order valence-corrected chi connectivity index (χ1v) is 12.0. The van der Waals surface area contributed by atoms with Crippen molar-refractivity contribution < 1.29 is 23.9 Å². The molecule has 0 aromatic heterocycles. The molecule has 3 aromatic rings. The van der Waals surface area contributed by atoms with E-state index in [1.165, 1.54) is 7.11 Å². The van der Waals surface area contributed by atoms with Gasteiger partial charge in [-0.1, -0.05) is 48.2 Å². The van der Waals surface area contributed by atoms with E-state index in [1.54, 1.807) is 66.7 Å². The van der Waals surface area contributed by atoms with E-state index in [9.17, 15) is 14.4 Å². The van der Waals surface area contributed by atoms with Crippen molar-refractivity contribution in [1.29, 1.82) is 0 Å². The summed E-state index contributed by atoms with van der Waals surface area (Å²) in [6, 6.07) is 22.5. The summed E-state index contributed by atoms with van der Waals surface area (Å²) in [7, 11) is 1.53. The van der Waals surface area contributed by atoms with Gasteiger partial charge in [0.25, 0.3) is 17.7 Å². The number of ether oxygens (including phenoxy) is 2. The third-order valence-electron chi connectivity index (χ3n) is 4.98. The zero-order valence-electron chi connectivity index (χ0n) is 19.1. The van der Waals surface area contributed by atoms with Crippen LogP contribution in [0.1, 0.15) is 15.9 Å². The Morgan fingerprint density at radius 2 is 1.69 bits per heavy atom. The number of nitrogens with one attached hydrogen (secondary N) is 2. The van der Waals surface area contributed by atoms with Crippen LogP contribution in [0.25, 0.3) is 6.08 Å². The van der Waals surface area contributed by atoms with Crippen LogP contribution < -0.4 is 20.2 Å². The minimum atomic E-state index is -0.483. The maximum atomic E-state index is 13.0. The van der Waals surface area contributed by atoms with Crippen LogP contribution in [-0.4, -0.2) is 40.8 Å². The molecule has 36 heavy (non-hydrogen) atoms. The molecule has 2 N–H and O–H groups in total. The van der Waals surface area contributed by atoms with Crippen LogP contribution in [0.15, 0.2) is 83.8 Å². The van der Waals surface area contributed by atoms with Gasteiger partial charge in [0.1, 0.15) is 11.5 Å². The molecule has 1 aliphatic rings. The standard InChI is InChI=1S/C26H21N3O5S2/c1-33-20-13-11-17(12-14-20)24(31)28-29-25(32)22(36-26(29)35)15-18-7-5-6-10-21(18)34-16-23(30)27-19-8-3-2-4-9-19/h2-15H,16H2,1H3,(H,27,30)(H,28,31)/b22-15+. The zero-order chi connectivity index (χ0) is 25.5. The molecule has 0 spiro atoms. The van der Waals surface area contributed by atoms with E-state index in [-0.39, 0.29) is 16.8 Å². The van der Waals surface area contributed by atoms with Crippen molar-refractivity contribution in [1.82, 2.24) is 10.4 Å². The van der Waals surface area contributed by atoms with Gasteiger partial charge in [-0.25, -0.2) is 0 Å². The first-order chi connectivity index (χ1) is 17.4. The molecule has 0 radical (unpaired) electrons. The number of hydrogen-bond acceptors (Lipinski definition) is 7. The lowest BCUT2D eigenvalue weighted by Gasteiger charge is -2.15. The Bertz CT molecular complexity index is 1330. The normalized spacial score (nSPS) is 14.0. The molecule has 1 heterocycles. The molecule has 8 nitrogen and oxygen atoms in total. The van der Waals surface area contributed by atoms with E-state index in [2.05, 4.69) is 10.7 Å². The fraction of sp³-hybridized carbons (Fsp3) is 0.0769. The van der Waals surface area contributed by atoms with Crippen molar-refractivity contribution in [3.63, 3.8) is 0 Å². The minimum absolute atomic E-state index is 0.189. The van der Waals surface area contributed by atoms with Crippen molar-refractivity contribution in [2.75, 3.05) is 19.0 Å². The van der Waals surface area contributed by atoms with E-state index in [4.69, 9.17) is 21.7 Å². The summed E-state index contributed by atoms with van der Waals surface area (Å²) in [5.41, 5.74) is 4.15. The summed E-state index contributed by atoms with van der Waals surface area (Å²) in [6.07, 6.45) is 1.61. The van der Waals surface area contributed by atoms with Crippen LogP contribution in [0.4, 0.5) is 5.69 Å². The SMILES string of the molecule is COc1ccc(C(=O)NN2C(=O)/C(=C\c3ccccc3OCC(=O)Nc3ccccc3)SC2=S)cc1. The number of thioether (sulfide) groups is 1. The number of thiocarbonyl (C=S) groups is 1. The highest BCUT2D eigenvalue weighted by Crippen LogP contribution is 2.33. The van der Waals surface area contributed by atoms with Crippen LogP contribution in [0.2, 0.25) is 0 Å². The van der Waals surface area contributed by atoms with E-state index in [1.807, 2.05) is 18.2 Å². The fourth-order valence-electron chi connectivity index (χ4n) is 3.21. The maximum Gasteiger partial charge on any atom is 0.285 e. The number of rotatable bonds is 8. The lowest BCUT2D eigenvalue weighted by molar-refractivity contribution is -0.123. The van der Waals surface area contributed by atoms with Gasteiger partial charge in [0, 0.05) is 16.8 Å². The summed E-state index contributed by atoms with van der Waals surface area (Å²) in [6.45, 7) is -0.210. The molecule has 4 rings (SSSR count). The van der Waals surface area contributed by atoms with Crippen LogP contribution in [0.5, 0.6) is 11.5 Å². The number of benzene rings is 3. The molecule has 0 bridgehead atoms. The van der Waals surface area contributed by atoms with Crippen molar-refractivity contribution in [3.8, 4) is 11.5 Å². The Kier molecular flexibility index (Phi) is 7.99. The molecular formula is C26H21N3O5S2. The highest BCUT2D eigenvalue weighted by Gasteiger charge is 2.34. The van der Waals surface area contributed by atoms with Gasteiger partial charge in [-0.2, -0.15) is 5.01 Å².